The molecule has 112 valence electrons. The third kappa shape index (κ3) is 4.07. The molecule has 7 heteroatoms. The van der Waals surface area contributed by atoms with Gasteiger partial charge in [0.1, 0.15) is 6.33 Å². The Morgan fingerprint density at radius 2 is 2.29 bits per heavy atom. The van der Waals surface area contributed by atoms with Crippen molar-refractivity contribution in [3.63, 3.8) is 0 Å². The van der Waals surface area contributed by atoms with Gasteiger partial charge in [-0.3, -0.25) is 4.79 Å². The number of hydrogen-bond acceptors (Lipinski definition) is 4. The second-order valence-electron chi connectivity index (χ2n) is 4.63. The van der Waals surface area contributed by atoms with Crippen molar-refractivity contribution in [3.05, 3.63) is 34.6 Å². The van der Waals surface area contributed by atoms with Gasteiger partial charge >= 0.3 is 0 Å². The summed E-state index contributed by atoms with van der Waals surface area (Å²) in [5, 5.41) is 11.3. The van der Waals surface area contributed by atoms with Gasteiger partial charge in [0.25, 0.3) is 0 Å². The molecular formula is C14H17BrN4OS. The van der Waals surface area contributed by atoms with E-state index in [0.29, 0.717) is 0 Å². The maximum Gasteiger partial charge on any atom is 0.237 e. The van der Waals surface area contributed by atoms with E-state index in [9.17, 15) is 4.79 Å². The lowest BCUT2D eigenvalue weighted by Gasteiger charge is -2.13. The van der Waals surface area contributed by atoms with Crippen molar-refractivity contribution in [1.29, 1.82) is 0 Å². The van der Waals surface area contributed by atoms with Gasteiger partial charge in [-0.2, -0.15) is 0 Å². The lowest BCUT2D eigenvalue weighted by atomic mass is 10.2. The van der Waals surface area contributed by atoms with E-state index < -0.39 is 0 Å². The van der Waals surface area contributed by atoms with E-state index in [1.807, 2.05) is 43.5 Å². The number of nitrogens with zero attached hydrogens (tertiary/aromatic N) is 3. The highest BCUT2D eigenvalue weighted by Gasteiger charge is 2.18. The molecular weight excluding hydrogens is 352 g/mol. The summed E-state index contributed by atoms with van der Waals surface area (Å²) in [6.45, 7) is 6.66. The maximum absolute atomic E-state index is 12.3. The van der Waals surface area contributed by atoms with Gasteiger partial charge in [0.2, 0.25) is 5.91 Å². The van der Waals surface area contributed by atoms with Crippen LogP contribution >= 0.6 is 27.7 Å². The van der Waals surface area contributed by atoms with Crippen LogP contribution in [-0.2, 0) is 11.3 Å². The molecule has 0 aliphatic rings. The maximum atomic E-state index is 12.3. The monoisotopic (exact) mass is 368 g/mol. The van der Waals surface area contributed by atoms with E-state index in [2.05, 4.69) is 31.4 Å². The first-order valence-electron chi connectivity index (χ1n) is 6.62. The number of carbonyl (C=O) groups is 1. The molecule has 0 saturated heterocycles. The molecule has 1 atom stereocenters. The molecule has 0 aliphatic carbocycles. The minimum atomic E-state index is -0.257. The standard InChI is InChI=1S/C14H17BrN4OS/c1-4-19-8-16-18-14(19)21-10(3)13(20)17-12-6-5-9(2)7-11(12)15/h5-8,10H,4H2,1-3H3,(H,17,20)/t10-/m1/s1. The zero-order chi connectivity index (χ0) is 15.4. The topological polar surface area (TPSA) is 59.8 Å². The molecule has 21 heavy (non-hydrogen) atoms. The van der Waals surface area contributed by atoms with Gasteiger partial charge in [0, 0.05) is 11.0 Å². The van der Waals surface area contributed by atoms with Gasteiger partial charge in [-0.1, -0.05) is 17.8 Å². The van der Waals surface area contributed by atoms with E-state index in [1.165, 1.54) is 11.8 Å². The van der Waals surface area contributed by atoms with E-state index in [4.69, 9.17) is 0 Å². The van der Waals surface area contributed by atoms with Gasteiger partial charge in [-0.25, -0.2) is 0 Å². The predicted octanol–water partition coefficient (Wildman–Crippen LogP) is 3.49. The van der Waals surface area contributed by atoms with Crippen LogP contribution in [0.2, 0.25) is 0 Å². The first kappa shape index (κ1) is 16.0. The smallest absolute Gasteiger partial charge is 0.237 e. The van der Waals surface area contributed by atoms with Crippen LogP contribution in [0.15, 0.2) is 34.2 Å². The normalized spacial score (nSPS) is 12.2. The fourth-order valence-corrected chi connectivity index (χ4v) is 3.20. The number of aromatic nitrogens is 3. The van der Waals surface area contributed by atoms with Crippen LogP contribution in [0.3, 0.4) is 0 Å². The van der Waals surface area contributed by atoms with Crippen LogP contribution in [0.1, 0.15) is 19.4 Å². The summed E-state index contributed by atoms with van der Waals surface area (Å²) >= 11 is 4.86. The average Bonchev–Trinajstić information content (AvgIpc) is 2.89. The summed E-state index contributed by atoms with van der Waals surface area (Å²) in [4.78, 5) is 12.3. The fraction of sp³-hybridized carbons (Fsp3) is 0.357. The molecule has 0 bridgehead atoms. The molecule has 1 aromatic carbocycles. The summed E-state index contributed by atoms with van der Waals surface area (Å²) in [6, 6.07) is 5.83. The zero-order valence-electron chi connectivity index (χ0n) is 12.1. The van der Waals surface area contributed by atoms with Crippen molar-refractivity contribution < 1.29 is 4.79 Å². The van der Waals surface area contributed by atoms with Crippen molar-refractivity contribution in [2.45, 2.75) is 37.7 Å². The van der Waals surface area contributed by atoms with Crippen LogP contribution in [0.5, 0.6) is 0 Å². The number of halogens is 1. The summed E-state index contributed by atoms with van der Waals surface area (Å²) < 4.78 is 2.79. The van der Waals surface area contributed by atoms with Crippen LogP contribution in [-0.4, -0.2) is 25.9 Å². The van der Waals surface area contributed by atoms with Crippen LogP contribution in [0.25, 0.3) is 0 Å². The number of thioether (sulfide) groups is 1. The largest absolute Gasteiger partial charge is 0.324 e. The molecule has 0 aliphatic heterocycles. The first-order valence-corrected chi connectivity index (χ1v) is 8.30. The van der Waals surface area contributed by atoms with E-state index in [1.54, 1.807) is 6.33 Å². The van der Waals surface area contributed by atoms with Gasteiger partial charge in [-0.05, 0) is 54.4 Å². The molecule has 1 N–H and O–H groups in total. The number of hydrogen-bond donors (Lipinski definition) is 1. The Balaban J connectivity index is 2.02. The zero-order valence-corrected chi connectivity index (χ0v) is 14.5. The number of carbonyl (C=O) groups excluding carboxylic acids is 1. The van der Waals surface area contributed by atoms with Crippen LogP contribution in [0, 0.1) is 6.92 Å². The van der Waals surface area contributed by atoms with E-state index in [-0.39, 0.29) is 11.2 Å². The van der Waals surface area contributed by atoms with Gasteiger partial charge in [0.05, 0.1) is 10.9 Å². The highest BCUT2D eigenvalue weighted by atomic mass is 79.9. The Hall–Kier alpha value is -1.34. The molecule has 1 amide bonds. The van der Waals surface area contributed by atoms with Gasteiger partial charge < -0.3 is 9.88 Å². The fourth-order valence-electron chi connectivity index (χ4n) is 1.72. The quantitative estimate of drug-likeness (QED) is 0.820. The minimum Gasteiger partial charge on any atom is -0.324 e. The molecule has 1 heterocycles. The van der Waals surface area contributed by atoms with Gasteiger partial charge in [-0.15, -0.1) is 10.2 Å². The third-order valence-corrected chi connectivity index (χ3v) is 4.71. The Labute approximate surface area is 136 Å². The van der Waals surface area contributed by atoms with E-state index >= 15 is 0 Å². The number of aryl methyl sites for hydroxylation is 2. The third-order valence-electron chi connectivity index (χ3n) is 2.95. The summed E-state index contributed by atoms with van der Waals surface area (Å²) in [7, 11) is 0. The van der Waals surface area contributed by atoms with Crippen molar-refractivity contribution in [3.8, 4) is 0 Å². The molecule has 0 unspecified atom stereocenters. The Bertz CT molecular complexity index is 644. The summed E-state index contributed by atoms with van der Waals surface area (Å²) in [5.74, 6) is -0.0600. The van der Waals surface area contributed by atoms with Crippen molar-refractivity contribution in [1.82, 2.24) is 14.8 Å². The molecule has 2 rings (SSSR count). The highest BCUT2D eigenvalue weighted by molar-refractivity contribution is 9.10. The minimum absolute atomic E-state index is 0.0600. The highest BCUT2D eigenvalue weighted by Crippen LogP contribution is 2.26. The molecule has 0 fully saturated rings. The Kier molecular flexibility index (Phi) is 5.41. The van der Waals surface area contributed by atoms with Crippen molar-refractivity contribution in [2.75, 3.05) is 5.32 Å². The number of amides is 1. The summed E-state index contributed by atoms with van der Waals surface area (Å²) in [5.41, 5.74) is 1.91. The van der Waals surface area contributed by atoms with Crippen molar-refractivity contribution in [2.24, 2.45) is 0 Å². The van der Waals surface area contributed by atoms with E-state index in [0.717, 1.165) is 27.4 Å². The number of anilines is 1. The second-order valence-corrected chi connectivity index (χ2v) is 6.79. The molecule has 0 saturated carbocycles. The predicted molar refractivity (Wildman–Crippen MR) is 88.5 cm³/mol. The number of nitrogens with one attached hydrogen (secondary N) is 1. The second kappa shape index (κ2) is 7.09. The Morgan fingerprint density at radius 3 is 2.95 bits per heavy atom. The Morgan fingerprint density at radius 1 is 1.52 bits per heavy atom. The first-order chi connectivity index (χ1) is 10.0. The molecule has 1 aromatic heterocycles. The lowest BCUT2D eigenvalue weighted by molar-refractivity contribution is -0.115. The molecule has 5 nitrogen and oxygen atoms in total. The number of rotatable bonds is 5. The van der Waals surface area contributed by atoms with Gasteiger partial charge in [0.15, 0.2) is 5.16 Å². The van der Waals surface area contributed by atoms with Crippen LogP contribution < -0.4 is 5.32 Å². The molecule has 2 aromatic rings. The lowest BCUT2D eigenvalue weighted by Crippen LogP contribution is -2.23. The summed E-state index contributed by atoms with van der Waals surface area (Å²) in [6.07, 6.45) is 1.67. The average molecular weight is 369 g/mol. The number of benzene rings is 1. The molecule has 0 spiro atoms. The van der Waals surface area contributed by atoms with Crippen LogP contribution in [0.4, 0.5) is 5.69 Å². The molecule has 0 radical (unpaired) electrons. The van der Waals surface area contributed by atoms with Crippen molar-refractivity contribution >= 4 is 39.3 Å². The SMILES string of the molecule is CCn1cnnc1S[C@H](C)C(=O)Nc1ccc(C)cc1Br.